The van der Waals surface area contributed by atoms with E-state index >= 15 is 0 Å². The molecule has 0 rings (SSSR count). The average molecular weight is 125 g/mol. The number of hydrogen-bond acceptors (Lipinski definition) is 1. The Morgan fingerprint density at radius 1 is 1.78 bits per heavy atom. The zero-order chi connectivity index (χ0) is 7.11. The lowest BCUT2D eigenvalue weighted by atomic mass is 10.1. The van der Waals surface area contributed by atoms with Crippen molar-refractivity contribution in [3.63, 3.8) is 0 Å². The SMILES string of the molecule is C=C=CC(N)CCCC. The maximum absolute atomic E-state index is 5.61. The highest BCUT2D eigenvalue weighted by Crippen LogP contribution is 1.97. The summed E-state index contributed by atoms with van der Waals surface area (Å²) in [5, 5.41) is 0. The van der Waals surface area contributed by atoms with Crippen LogP contribution in [0.1, 0.15) is 26.2 Å². The van der Waals surface area contributed by atoms with Gasteiger partial charge in [-0.1, -0.05) is 26.3 Å². The van der Waals surface area contributed by atoms with Crippen LogP contribution in [0.15, 0.2) is 18.4 Å². The lowest BCUT2D eigenvalue weighted by Crippen LogP contribution is -2.15. The van der Waals surface area contributed by atoms with E-state index in [-0.39, 0.29) is 6.04 Å². The number of unbranched alkanes of at least 4 members (excludes halogenated alkanes) is 1. The second-order valence-corrected chi connectivity index (χ2v) is 2.18. The largest absolute Gasteiger partial charge is 0.324 e. The van der Waals surface area contributed by atoms with Crippen LogP contribution >= 0.6 is 0 Å². The zero-order valence-electron chi connectivity index (χ0n) is 6.06. The molecule has 0 fully saturated rings. The summed E-state index contributed by atoms with van der Waals surface area (Å²) in [4.78, 5) is 0. The predicted octanol–water partition coefficient (Wildman–Crippen LogP) is 1.84. The molecule has 0 amide bonds. The molecule has 0 spiro atoms. The Morgan fingerprint density at radius 3 is 2.89 bits per heavy atom. The van der Waals surface area contributed by atoms with E-state index in [1.165, 1.54) is 12.8 Å². The topological polar surface area (TPSA) is 26.0 Å². The average Bonchev–Trinajstić information content (AvgIpc) is 1.85. The van der Waals surface area contributed by atoms with Crippen molar-refractivity contribution in [1.82, 2.24) is 0 Å². The van der Waals surface area contributed by atoms with Crippen LogP contribution in [-0.4, -0.2) is 6.04 Å². The van der Waals surface area contributed by atoms with Crippen molar-refractivity contribution in [2.45, 2.75) is 32.2 Å². The monoisotopic (exact) mass is 125 g/mol. The molecule has 0 aromatic heterocycles. The van der Waals surface area contributed by atoms with Gasteiger partial charge in [0.15, 0.2) is 0 Å². The van der Waals surface area contributed by atoms with Crippen LogP contribution in [0.5, 0.6) is 0 Å². The minimum absolute atomic E-state index is 0.169. The Bertz CT molecular complexity index is 101. The molecular weight excluding hydrogens is 110 g/mol. The fraction of sp³-hybridized carbons (Fsp3) is 0.625. The van der Waals surface area contributed by atoms with Crippen LogP contribution in [0.25, 0.3) is 0 Å². The van der Waals surface area contributed by atoms with Crippen molar-refractivity contribution < 1.29 is 0 Å². The standard InChI is InChI=1S/C8H15N/c1-3-5-7-8(9)6-4-2/h6,8H,2-3,5,7,9H2,1H3. The van der Waals surface area contributed by atoms with Crippen LogP contribution in [-0.2, 0) is 0 Å². The molecule has 0 bridgehead atoms. The molecule has 1 nitrogen and oxygen atoms in total. The predicted molar refractivity (Wildman–Crippen MR) is 41.2 cm³/mol. The fourth-order valence-corrected chi connectivity index (χ4v) is 0.675. The molecule has 0 aliphatic rings. The first kappa shape index (κ1) is 8.48. The Morgan fingerprint density at radius 2 is 2.44 bits per heavy atom. The molecule has 0 aliphatic heterocycles. The number of hydrogen-bond donors (Lipinski definition) is 1. The normalized spacial score (nSPS) is 12.2. The molecule has 0 saturated heterocycles. The Balaban J connectivity index is 3.26. The summed E-state index contributed by atoms with van der Waals surface area (Å²) in [6.07, 6.45) is 5.27. The molecule has 0 aromatic rings. The minimum atomic E-state index is 0.169. The summed E-state index contributed by atoms with van der Waals surface area (Å²) in [6.45, 7) is 5.61. The highest BCUT2D eigenvalue weighted by Gasteiger charge is 1.92. The summed E-state index contributed by atoms with van der Waals surface area (Å²) >= 11 is 0. The van der Waals surface area contributed by atoms with Gasteiger partial charge in [-0.3, -0.25) is 0 Å². The quantitative estimate of drug-likeness (QED) is 0.570. The van der Waals surface area contributed by atoms with E-state index in [9.17, 15) is 0 Å². The maximum Gasteiger partial charge on any atom is 0.0299 e. The summed E-state index contributed by atoms with van der Waals surface area (Å²) in [7, 11) is 0. The van der Waals surface area contributed by atoms with Crippen LogP contribution in [0.2, 0.25) is 0 Å². The van der Waals surface area contributed by atoms with Gasteiger partial charge in [0.25, 0.3) is 0 Å². The summed E-state index contributed by atoms with van der Waals surface area (Å²) < 4.78 is 0. The molecule has 0 radical (unpaired) electrons. The minimum Gasteiger partial charge on any atom is -0.324 e. The van der Waals surface area contributed by atoms with Crippen molar-refractivity contribution in [2.75, 3.05) is 0 Å². The second-order valence-electron chi connectivity index (χ2n) is 2.18. The first-order valence-corrected chi connectivity index (χ1v) is 3.42. The van der Waals surface area contributed by atoms with E-state index < -0.39 is 0 Å². The third kappa shape index (κ3) is 5.35. The van der Waals surface area contributed by atoms with Gasteiger partial charge in [-0.15, -0.1) is 5.73 Å². The van der Waals surface area contributed by atoms with Crippen molar-refractivity contribution in [3.8, 4) is 0 Å². The number of rotatable bonds is 4. The molecule has 0 aliphatic carbocycles. The molecule has 9 heavy (non-hydrogen) atoms. The van der Waals surface area contributed by atoms with Gasteiger partial charge < -0.3 is 5.73 Å². The molecule has 0 heterocycles. The van der Waals surface area contributed by atoms with Gasteiger partial charge in [0.05, 0.1) is 0 Å². The molecule has 52 valence electrons. The first-order valence-electron chi connectivity index (χ1n) is 3.42. The lowest BCUT2D eigenvalue weighted by Gasteiger charge is -2.01. The third-order valence-electron chi connectivity index (χ3n) is 1.22. The molecule has 1 unspecified atom stereocenters. The van der Waals surface area contributed by atoms with E-state index in [1.807, 2.05) is 6.08 Å². The van der Waals surface area contributed by atoms with Crippen molar-refractivity contribution in [1.29, 1.82) is 0 Å². The van der Waals surface area contributed by atoms with E-state index in [1.54, 1.807) is 0 Å². The highest BCUT2D eigenvalue weighted by atomic mass is 14.6. The van der Waals surface area contributed by atoms with Gasteiger partial charge in [0, 0.05) is 6.04 Å². The molecule has 2 N–H and O–H groups in total. The Hall–Kier alpha value is -0.520. The van der Waals surface area contributed by atoms with Crippen LogP contribution < -0.4 is 5.73 Å². The molecule has 1 atom stereocenters. The van der Waals surface area contributed by atoms with Gasteiger partial charge >= 0.3 is 0 Å². The van der Waals surface area contributed by atoms with Crippen molar-refractivity contribution in [3.05, 3.63) is 18.4 Å². The summed E-state index contributed by atoms with van der Waals surface area (Å²) in [5.41, 5.74) is 8.29. The van der Waals surface area contributed by atoms with E-state index in [4.69, 9.17) is 5.73 Å². The van der Waals surface area contributed by atoms with Gasteiger partial charge in [-0.25, -0.2) is 0 Å². The molecule has 1 heteroatoms. The molecular formula is C8H15N. The van der Waals surface area contributed by atoms with Crippen molar-refractivity contribution in [2.24, 2.45) is 5.73 Å². The van der Waals surface area contributed by atoms with E-state index in [0.29, 0.717) is 0 Å². The Labute approximate surface area is 57.3 Å². The second kappa shape index (κ2) is 5.61. The van der Waals surface area contributed by atoms with Crippen LogP contribution in [0.3, 0.4) is 0 Å². The van der Waals surface area contributed by atoms with Gasteiger partial charge in [0.1, 0.15) is 0 Å². The maximum atomic E-state index is 5.61. The summed E-state index contributed by atoms with van der Waals surface area (Å²) in [6, 6.07) is 0.169. The third-order valence-corrected chi connectivity index (χ3v) is 1.22. The van der Waals surface area contributed by atoms with Gasteiger partial charge in [0.2, 0.25) is 0 Å². The highest BCUT2D eigenvalue weighted by molar-refractivity contribution is 4.86. The fourth-order valence-electron chi connectivity index (χ4n) is 0.675. The first-order chi connectivity index (χ1) is 4.31. The zero-order valence-corrected chi connectivity index (χ0v) is 6.06. The van der Waals surface area contributed by atoms with E-state index in [0.717, 1.165) is 6.42 Å². The van der Waals surface area contributed by atoms with Crippen LogP contribution in [0, 0.1) is 0 Å². The number of nitrogens with two attached hydrogens (primary N) is 1. The molecule has 0 aromatic carbocycles. The van der Waals surface area contributed by atoms with Gasteiger partial charge in [-0.05, 0) is 12.5 Å². The van der Waals surface area contributed by atoms with Gasteiger partial charge in [-0.2, -0.15) is 0 Å². The Kier molecular flexibility index (Phi) is 5.29. The molecule has 0 saturated carbocycles. The van der Waals surface area contributed by atoms with Crippen LogP contribution in [0.4, 0.5) is 0 Å². The lowest BCUT2D eigenvalue weighted by molar-refractivity contribution is 0.655. The summed E-state index contributed by atoms with van der Waals surface area (Å²) in [5.74, 6) is 0. The van der Waals surface area contributed by atoms with E-state index in [2.05, 4.69) is 19.2 Å². The van der Waals surface area contributed by atoms with Crippen molar-refractivity contribution >= 4 is 0 Å². The smallest absolute Gasteiger partial charge is 0.0299 e.